The Kier molecular flexibility index (Phi) is 5.18. The Labute approximate surface area is 159 Å². The zero-order chi connectivity index (χ0) is 20.5. The highest BCUT2D eigenvalue weighted by molar-refractivity contribution is 5.96. The van der Waals surface area contributed by atoms with Gasteiger partial charge in [-0.3, -0.25) is 4.79 Å². The molecule has 1 N–H and O–H groups in total. The molecule has 0 aliphatic heterocycles. The van der Waals surface area contributed by atoms with Gasteiger partial charge in [0.15, 0.2) is 5.69 Å². The van der Waals surface area contributed by atoms with E-state index in [2.05, 4.69) is 5.10 Å². The molecule has 0 atom stereocenters. The van der Waals surface area contributed by atoms with Crippen LogP contribution in [0.5, 0.6) is 0 Å². The highest BCUT2D eigenvalue weighted by Crippen LogP contribution is 2.34. The molecule has 0 bridgehead atoms. The van der Waals surface area contributed by atoms with Gasteiger partial charge in [-0.2, -0.15) is 18.3 Å². The van der Waals surface area contributed by atoms with Gasteiger partial charge in [0.2, 0.25) is 0 Å². The maximum atomic E-state index is 12.9. The fourth-order valence-electron chi connectivity index (χ4n) is 3.60. The lowest BCUT2D eigenvalue weighted by Crippen LogP contribution is -2.56. The van der Waals surface area contributed by atoms with Crippen LogP contribution in [0.25, 0.3) is 5.69 Å². The molecule has 1 aliphatic rings. The van der Waals surface area contributed by atoms with Crippen molar-refractivity contribution in [3.8, 4) is 5.69 Å². The molecule has 1 amide bonds. The van der Waals surface area contributed by atoms with Crippen LogP contribution in [-0.4, -0.2) is 44.3 Å². The van der Waals surface area contributed by atoms with E-state index in [9.17, 15) is 27.9 Å². The zero-order valence-corrected chi connectivity index (χ0v) is 15.2. The molecule has 1 saturated carbocycles. The molecule has 1 aromatic heterocycles. The number of rotatable bonds is 4. The number of carboxylic acids is 1. The largest absolute Gasteiger partial charge is 0.479 e. The molecule has 0 unspecified atom stereocenters. The van der Waals surface area contributed by atoms with E-state index in [0.717, 1.165) is 18.6 Å². The summed E-state index contributed by atoms with van der Waals surface area (Å²) in [5.41, 5.74) is -1.97. The number of benzene rings is 1. The summed E-state index contributed by atoms with van der Waals surface area (Å²) >= 11 is 0. The van der Waals surface area contributed by atoms with Crippen LogP contribution in [0.4, 0.5) is 13.2 Å². The maximum Gasteiger partial charge on any atom is 0.416 e. The molecule has 3 rings (SSSR count). The molecule has 6 nitrogen and oxygen atoms in total. The Hall–Kier alpha value is -2.84. The van der Waals surface area contributed by atoms with Crippen molar-refractivity contribution in [3.63, 3.8) is 0 Å². The number of hydrogen-bond acceptors (Lipinski definition) is 3. The first kappa shape index (κ1) is 19.9. The monoisotopic (exact) mass is 395 g/mol. The van der Waals surface area contributed by atoms with Gasteiger partial charge in [0.25, 0.3) is 5.91 Å². The van der Waals surface area contributed by atoms with Crippen LogP contribution >= 0.6 is 0 Å². The molecular formula is C19H20F3N3O3. The van der Waals surface area contributed by atoms with Crippen LogP contribution in [0, 0.1) is 0 Å². The Bertz CT molecular complexity index is 886. The Balaban J connectivity index is 1.87. The van der Waals surface area contributed by atoms with Crippen molar-refractivity contribution >= 4 is 11.9 Å². The SMILES string of the molecule is CN(C(=O)c1ccn(-c2cccc(C(F)(F)F)c2)n1)C1(C(=O)O)CCCCC1. The second-order valence-corrected chi connectivity index (χ2v) is 6.96. The Morgan fingerprint density at radius 1 is 1.18 bits per heavy atom. The van der Waals surface area contributed by atoms with E-state index >= 15 is 0 Å². The number of carbonyl (C=O) groups excluding carboxylic acids is 1. The van der Waals surface area contributed by atoms with E-state index in [1.54, 1.807) is 0 Å². The van der Waals surface area contributed by atoms with E-state index < -0.39 is 29.2 Å². The van der Waals surface area contributed by atoms with Gasteiger partial charge < -0.3 is 10.0 Å². The van der Waals surface area contributed by atoms with E-state index in [4.69, 9.17) is 0 Å². The number of nitrogens with zero attached hydrogens (tertiary/aromatic N) is 3. The van der Waals surface area contributed by atoms with Crippen molar-refractivity contribution in [2.75, 3.05) is 7.05 Å². The third-order valence-corrected chi connectivity index (χ3v) is 5.27. The second-order valence-electron chi connectivity index (χ2n) is 6.96. The van der Waals surface area contributed by atoms with Crippen LogP contribution in [0.3, 0.4) is 0 Å². The summed E-state index contributed by atoms with van der Waals surface area (Å²) in [7, 11) is 1.44. The molecule has 150 valence electrons. The number of carbonyl (C=O) groups is 2. The quantitative estimate of drug-likeness (QED) is 0.856. The third-order valence-electron chi connectivity index (χ3n) is 5.27. The minimum Gasteiger partial charge on any atom is -0.479 e. The molecule has 1 aliphatic carbocycles. The summed E-state index contributed by atoms with van der Waals surface area (Å²) in [5.74, 6) is -1.63. The summed E-state index contributed by atoms with van der Waals surface area (Å²) in [4.78, 5) is 25.9. The molecule has 1 heterocycles. The predicted molar refractivity (Wildman–Crippen MR) is 94.1 cm³/mol. The zero-order valence-electron chi connectivity index (χ0n) is 15.2. The number of halogens is 3. The second kappa shape index (κ2) is 7.29. The lowest BCUT2D eigenvalue weighted by molar-refractivity contribution is -0.151. The van der Waals surface area contributed by atoms with Gasteiger partial charge >= 0.3 is 12.1 Å². The van der Waals surface area contributed by atoms with Gasteiger partial charge in [-0.25, -0.2) is 9.48 Å². The highest BCUT2D eigenvalue weighted by Gasteiger charge is 2.46. The van der Waals surface area contributed by atoms with Gasteiger partial charge in [-0.1, -0.05) is 25.3 Å². The first-order valence-corrected chi connectivity index (χ1v) is 8.90. The van der Waals surface area contributed by atoms with Crippen LogP contribution in [0.2, 0.25) is 0 Å². The van der Waals surface area contributed by atoms with Gasteiger partial charge in [-0.15, -0.1) is 0 Å². The van der Waals surface area contributed by atoms with Crippen molar-refractivity contribution in [3.05, 3.63) is 47.8 Å². The summed E-state index contributed by atoms with van der Waals surface area (Å²) in [5, 5.41) is 13.8. The predicted octanol–water partition coefficient (Wildman–Crippen LogP) is 3.75. The third kappa shape index (κ3) is 3.61. The smallest absolute Gasteiger partial charge is 0.416 e. The van der Waals surface area contributed by atoms with Gasteiger partial charge in [-0.05, 0) is 37.1 Å². The normalized spacial score (nSPS) is 16.6. The topological polar surface area (TPSA) is 75.4 Å². The fraction of sp³-hybridized carbons (Fsp3) is 0.421. The first-order chi connectivity index (χ1) is 13.1. The molecule has 0 radical (unpaired) electrons. The number of amides is 1. The van der Waals surface area contributed by atoms with Crippen LogP contribution in [0.15, 0.2) is 36.5 Å². The summed E-state index contributed by atoms with van der Waals surface area (Å²) in [6, 6.07) is 5.96. The standard InChI is InChI=1S/C19H20F3N3O3/c1-24(18(17(27)28)9-3-2-4-10-18)16(26)15-8-11-25(23-15)14-7-5-6-13(12-14)19(20,21)22/h5-8,11-12H,2-4,9-10H2,1H3,(H,27,28). The van der Waals surface area contributed by atoms with Crippen LogP contribution < -0.4 is 0 Å². The minimum atomic E-state index is -4.49. The Morgan fingerprint density at radius 3 is 2.46 bits per heavy atom. The van der Waals surface area contributed by atoms with E-state index in [1.807, 2.05) is 0 Å². The number of hydrogen-bond donors (Lipinski definition) is 1. The van der Waals surface area contributed by atoms with Crippen molar-refractivity contribution in [1.29, 1.82) is 0 Å². The number of likely N-dealkylation sites (N-methyl/N-ethyl adjacent to an activating group) is 1. The number of alkyl halides is 3. The fourth-order valence-corrected chi connectivity index (χ4v) is 3.60. The van der Waals surface area contributed by atoms with Gasteiger partial charge in [0, 0.05) is 13.2 Å². The van der Waals surface area contributed by atoms with Crippen molar-refractivity contribution in [2.45, 2.75) is 43.8 Å². The van der Waals surface area contributed by atoms with E-state index in [-0.39, 0.29) is 11.4 Å². The number of aliphatic carboxylic acids is 1. The lowest BCUT2D eigenvalue weighted by atomic mass is 9.80. The van der Waals surface area contributed by atoms with Crippen LogP contribution in [0.1, 0.15) is 48.2 Å². The summed E-state index contributed by atoms with van der Waals surface area (Å²) in [6.45, 7) is 0. The van der Waals surface area contributed by atoms with Crippen LogP contribution in [-0.2, 0) is 11.0 Å². The van der Waals surface area contributed by atoms with E-state index in [0.29, 0.717) is 25.7 Å². The minimum absolute atomic E-state index is 0.0221. The first-order valence-electron chi connectivity index (χ1n) is 8.90. The molecular weight excluding hydrogens is 375 g/mol. The molecule has 28 heavy (non-hydrogen) atoms. The van der Waals surface area contributed by atoms with E-state index in [1.165, 1.54) is 41.0 Å². The molecule has 1 aromatic carbocycles. The lowest BCUT2D eigenvalue weighted by Gasteiger charge is -2.40. The molecule has 2 aromatic rings. The molecule has 1 fully saturated rings. The number of carboxylic acid groups (broad SMARTS) is 1. The van der Waals surface area contributed by atoms with Crippen molar-refractivity contribution in [1.82, 2.24) is 14.7 Å². The molecule has 9 heteroatoms. The van der Waals surface area contributed by atoms with Gasteiger partial charge in [0.05, 0.1) is 11.3 Å². The summed E-state index contributed by atoms with van der Waals surface area (Å²) in [6.07, 6.45) is -0.0496. The molecule has 0 spiro atoms. The maximum absolute atomic E-state index is 12.9. The average Bonchev–Trinajstić information content (AvgIpc) is 3.17. The summed E-state index contributed by atoms with van der Waals surface area (Å²) < 4.78 is 39.9. The Morgan fingerprint density at radius 2 is 1.86 bits per heavy atom. The number of aromatic nitrogens is 2. The molecule has 0 saturated heterocycles. The van der Waals surface area contributed by atoms with Crippen molar-refractivity contribution < 1.29 is 27.9 Å². The van der Waals surface area contributed by atoms with Gasteiger partial charge in [0.1, 0.15) is 5.54 Å². The average molecular weight is 395 g/mol. The highest BCUT2D eigenvalue weighted by atomic mass is 19.4. The van der Waals surface area contributed by atoms with Crippen molar-refractivity contribution in [2.24, 2.45) is 0 Å².